The maximum Gasteiger partial charge on any atom is 0.274 e. The minimum absolute atomic E-state index is 0.0646. The summed E-state index contributed by atoms with van der Waals surface area (Å²) in [6.07, 6.45) is 0. The molecule has 0 amide bonds. The summed E-state index contributed by atoms with van der Waals surface area (Å²) in [6, 6.07) is 8.65. The molecule has 0 aliphatic heterocycles. The molecule has 20 heavy (non-hydrogen) atoms. The lowest BCUT2D eigenvalue weighted by molar-refractivity contribution is -0.385. The second-order valence-corrected chi connectivity index (χ2v) is 5.53. The second kappa shape index (κ2) is 6.02. The van der Waals surface area contributed by atoms with Crippen molar-refractivity contribution in [3.8, 4) is 0 Å². The van der Waals surface area contributed by atoms with Crippen molar-refractivity contribution in [2.24, 2.45) is 0 Å². The van der Waals surface area contributed by atoms with Crippen LogP contribution in [-0.2, 0) is 6.61 Å². The maximum absolute atomic E-state index is 10.8. The Kier molecular flexibility index (Phi) is 4.36. The van der Waals surface area contributed by atoms with Crippen molar-refractivity contribution in [1.29, 1.82) is 0 Å². The summed E-state index contributed by atoms with van der Waals surface area (Å²) < 4.78 is 0. The van der Waals surface area contributed by atoms with E-state index in [1.807, 2.05) is 26.0 Å². The van der Waals surface area contributed by atoms with Gasteiger partial charge in [0.2, 0.25) is 0 Å². The van der Waals surface area contributed by atoms with E-state index in [1.54, 1.807) is 12.1 Å². The molecule has 0 aliphatic carbocycles. The molecule has 2 rings (SSSR count). The Labute approximate surface area is 120 Å². The Balaban J connectivity index is 2.32. The fourth-order valence-corrected chi connectivity index (χ4v) is 2.92. The van der Waals surface area contributed by atoms with Crippen LogP contribution in [0.1, 0.15) is 16.8 Å². The average Bonchev–Trinajstić information content (AvgIpc) is 2.37. The van der Waals surface area contributed by atoms with E-state index in [0.29, 0.717) is 5.56 Å². The van der Waals surface area contributed by atoms with E-state index in [2.05, 4.69) is 4.98 Å². The molecule has 0 bridgehead atoms. The number of aliphatic hydroxyl groups excluding tert-OH is 1. The number of hydrogen-bond donors (Lipinski definition) is 1. The third-order valence-electron chi connectivity index (χ3n) is 2.71. The third-order valence-corrected chi connectivity index (χ3v) is 3.62. The number of benzene rings is 1. The zero-order valence-corrected chi connectivity index (χ0v) is 12.0. The zero-order valence-electron chi connectivity index (χ0n) is 11.2. The highest BCUT2D eigenvalue weighted by molar-refractivity contribution is 7.99. The van der Waals surface area contributed by atoms with Crippen molar-refractivity contribution in [2.75, 3.05) is 0 Å². The summed E-state index contributed by atoms with van der Waals surface area (Å²) in [6.45, 7) is 3.56. The van der Waals surface area contributed by atoms with Crippen molar-refractivity contribution < 1.29 is 10.0 Å². The number of aliphatic hydroxyl groups is 1. The molecule has 2 aromatic rings. The Morgan fingerprint density at radius 1 is 1.30 bits per heavy atom. The SMILES string of the molecule is Cc1cc(C)nc(Sc2ccc([N+](=O)[O-])c(CO)c2)c1. The van der Waals surface area contributed by atoms with Gasteiger partial charge in [0.25, 0.3) is 5.69 Å². The predicted molar refractivity (Wildman–Crippen MR) is 76.9 cm³/mol. The Hall–Kier alpha value is -1.92. The molecule has 0 unspecified atom stereocenters. The van der Waals surface area contributed by atoms with Gasteiger partial charge in [-0.15, -0.1) is 0 Å². The summed E-state index contributed by atoms with van der Waals surface area (Å²) in [5, 5.41) is 20.9. The molecule has 5 nitrogen and oxygen atoms in total. The van der Waals surface area contributed by atoms with Gasteiger partial charge in [0.1, 0.15) is 5.03 Å². The summed E-state index contributed by atoms with van der Waals surface area (Å²) >= 11 is 1.42. The second-order valence-electron chi connectivity index (χ2n) is 4.43. The van der Waals surface area contributed by atoms with Crippen molar-refractivity contribution in [3.05, 3.63) is 57.3 Å². The standard InChI is InChI=1S/C14H14N2O3S/c1-9-5-10(2)15-14(6-9)20-12-3-4-13(16(18)19)11(7-12)8-17/h3-7,17H,8H2,1-2H3. The molecule has 0 atom stereocenters. The Morgan fingerprint density at radius 3 is 2.65 bits per heavy atom. The normalized spacial score (nSPS) is 10.6. The van der Waals surface area contributed by atoms with Gasteiger partial charge in [0.15, 0.2) is 0 Å². The van der Waals surface area contributed by atoms with Gasteiger partial charge in [0.05, 0.1) is 17.1 Å². The van der Waals surface area contributed by atoms with Gasteiger partial charge < -0.3 is 5.11 Å². The fourth-order valence-electron chi connectivity index (χ4n) is 1.91. The lowest BCUT2D eigenvalue weighted by atomic mass is 10.2. The van der Waals surface area contributed by atoms with E-state index < -0.39 is 4.92 Å². The van der Waals surface area contributed by atoms with Gasteiger partial charge in [-0.25, -0.2) is 4.98 Å². The summed E-state index contributed by atoms with van der Waals surface area (Å²) in [4.78, 5) is 15.5. The number of aromatic nitrogens is 1. The highest BCUT2D eigenvalue weighted by Gasteiger charge is 2.14. The molecule has 0 saturated carbocycles. The quantitative estimate of drug-likeness (QED) is 0.691. The minimum Gasteiger partial charge on any atom is -0.391 e. The lowest BCUT2D eigenvalue weighted by Crippen LogP contribution is -1.95. The molecular weight excluding hydrogens is 276 g/mol. The molecule has 0 saturated heterocycles. The van der Waals surface area contributed by atoms with Crippen LogP contribution in [0.2, 0.25) is 0 Å². The molecule has 1 heterocycles. The van der Waals surface area contributed by atoms with Crippen LogP contribution in [0.25, 0.3) is 0 Å². The molecule has 0 aliphatic rings. The molecule has 6 heteroatoms. The first-order valence-corrected chi connectivity index (χ1v) is 6.82. The Bertz CT molecular complexity index is 639. The van der Waals surface area contributed by atoms with E-state index in [9.17, 15) is 15.2 Å². The number of hydrogen-bond acceptors (Lipinski definition) is 5. The number of nitrogens with zero attached hydrogens (tertiary/aromatic N) is 2. The van der Waals surface area contributed by atoms with Crippen LogP contribution in [0.3, 0.4) is 0 Å². The van der Waals surface area contributed by atoms with Crippen LogP contribution < -0.4 is 0 Å². The fraction of sp³-hybridized carbons (Fsp3) is 0.214. The number of aryl methyl sites for hydroxylation is 2. The lowest BCUT2D eigenvalue weighted by Gasteiger charge is -2.06. The Morgan fingerprint density at radius 2 is 2.05 bits per heavy atom. The topological polar surface area (TPSA) is 76.3 Å². The first-order valence-electron chi connectivity index (χ1n) is 6.01. The smallest absolute Gasteiger partial charge is 0.274 e. The molecule has 1 N–H and O–H groups in total. The largest absolute Gasteiger partial charge is 0.391 e. The van der Waals surface area contributed by atoms with Crippen LogP contribution in [0.15, 0.2) is 40.3 Å². The molecule has 104 valence electrons. The van der Waals surface area contributed by atoms with Gasteiger partial charge in [-0.1, -0.05) is 11.8 Å². The van der Waals surface area contributed by atoms with E-state index >= 15 is 0 Å². The van der Waals surface area contributed by atoms with Crippen LogP contribution in [-0.4, -0.2) is 15.0 Å². The van der Waals surface area contributed by atoms with E-state index in [1.165, 1.54) is 17.8 Å². The first kappa shape index (κ1) is 14.5. The number of nitro benzene ring substituents is 1. The molecule has 1 aromatic heterocycles. The van der Waals surface area contributed by atoms with Crippen molar-refractivity contribution in [1.82, 2.24) is 4.98 Å². The van der Waals surface area contributed by atoms with Crippen molar-refractivity contribution in [2.45, 2.75) is 30.4 Å². The van der Waals surface area contributed by atoms with Gasteiger partial charge in [-0.05, 0) is 43.7 Å². The average molecular weight is 290 g/mol. The molecule has 0 spiro atoms. The van der Waals surface area contributed by atoms with Crippen LogP contribution in [0.5, 0.6) is 0 Å². The van der Waals surface area contributed by atoms with E-state index in [4.69, 9.17) is 0 Å². The van der Waals surface area contributed by atoms with E-state index in [-0.39, 0.29) is 12.3 Å². The third kappa shape index (κ3) is 3.34. The highest BCUT2D eigenvalue weighted by atomic mass is 32.2. The van der Waals surface area contributed by atoms with Crippen LogP contribution in [0, 0.1) is 24.0 Å². The number of pyridine rings is 1. The summed E-state index contributed by atoms with van der Waals surface area (Å²) in [7, 11) is 0. The summed E-state index contributed by atoms with van der Waals surface area (Å²) in [5.41, 5.74) is 2.29. The van der Waals surface area contributed by atoms with Gasteiger partial charge in [-0.2, -0.15) is 0 Å². The van der Waals surface area contributed by atoms with Crippen LogP contribution >= 0.6 is 11.8 Å². The van der Waals surface area contributed by atoms with Gasteiger partial charge in [0, 0.05) is 16.7 Å². The van der Waals surface area contributed by atoms with Crippen molar-refractivity contribution in [3.63, 3.8) is 0 Å². The maximum atomic E-state index is 10.8. The predicted octanol–water partition coefficient (Wildman–Crippen LogP) is 3.25. The minimum atomic E-state index is -0.491. The number of rotatable bonds is 4. The van der Waals surface area contributed by atoms with Crippen LogP contribution in [0.4, 0.5) is 5.69 Å². The van der Waals surface area contributed by atoms with E-state index in [0.717, 1.165) is 21.2 Å². The number of nitro groups is 1. The molecule has 1 aromatic carbocycles. The first-order chi connectivity index (χ1) is 9.49. The molecular formula is C14H14N2O3S. The van der Waals surface area contributed by atoms with Gasteiger partial charge >= 0.3 is 0 Å². The monoisotopic (exact) mass is 290 g/mol. The zero-order chi connectivity index (χ0) is 14.7. The summed E-state index contributed by atoms with van der Waals surface area (Å²) in [5.74, 6) is 0. The van der Waals surface area contributed by atoms with Crippen molar-refractivity contribution >= 4 is 17.4 Å². The highest BCUT2D eigenvalue weighted by Crippen LogP contribution is 2.30. The molecule has 0 fully saturated rings. The molecule has 0 radical (unpaired) electrons. The van der Waals surface area contributed by atoms with Gasteiger partial charge in [-0.3, -0.25) is 10.1 Å².